The summed E-state index contributed by atoms with van der Waals surface area (Å²) in [7, 11) is 0. The summed E-state index contributed by atoms with van der Waals surface area (Å²) in [6, 6.07) is 1.95. The minimum Gasteiger partial charge on any atom is -0.450 e. The second kappa shape index (κ2) is 8.30. The highest BCUT2D eigenvalue weighted by molar-refractivity contribution is 5.86. The first kappa shape index (κ1) is 18.7. The zero-order valence-electron chi connectivity index (χ0n) is 13.7. The van der Waals surface area contributed by atoms with Crippen LogP contribution in [0.2, 0.25) is 0 Å². The van der Waals surface area contributed by atoms with E-state index >= 15 is 0 Å². The Bertz CT molecular complexity index is 578. The highest BCUT2D eigenvalue weighted by Crippen LogP contribution is 2.31. The van der Waals surface area contributed by atoms with Gasteiger partial charge in [-0.15, -0.1) is 0 Å². The summed E-state index contributed by atoms with van der Waals surface area (Å²) in [6.45, 7) is 7.70. The Morgan fingerprint density at radius 3 is 2.52 bits per heavy atom. The normalized spacial score (nSPS) is 11.9. The smallest absolute Gasteiger partial charge is 0.411 e. The number of nitro groups is 1. The summed E-state index contributed by atoms with van der Waals surface area (Å²) in [5, 5.41) is 16.3. The molecule has 0 saturated heterocycles. The van der Waals surface area contributed by atoms with Crippen LogP contribution >= 0.6 is 0 Å². The van der Waals surface area contributed by atoms with Crippen molar-refractivity contribution in [2.24, 2.45) is 5.92 Å². The molecule has 8 heteroatoms. The van der Waals surface area contributed by atoms with Gasteiger partial charge >= 0.3 is 6.09 Å². The van der Waals surface area contributed by atoms with Gasteiger partial charge in [0, 0.05) is 6.04 Å². The zero-order chi connectivity index (χ0) is 17.6. The molecule has 0 saturated carbocycles. The number of carbonyl (C=O) groups excluding carboxylic acids is 1. The molecule has 1 amide bonds. The maximum atomic E-state index is 13.9. The van der Waals surface area contributed by atoms with Crippen molar-refractivity contribution >= 4 is 23.2 Å². The van der Waals surface area contributed by atoms with Crippen LogP contribution in [-0.2, 0) is 4.74 Å². The first-order valence-corrected chi connectivity index (χ1v) is 7.42. The number of amides is 1. The van der Waals surface area contributed by atoms with Gasteiger partial charge in [0.1, 0.15) is 5.69 Å². The van der Waals surface area contributed by atoms with Crippen molar-refractivity contribution in [2.45, 2.75) is 40.2 Å². The summed E-state index contributed by atoms with van der Waals surface area (Å²) in [4.78, 5) is 21.8. The molecular weight excluding hydrogens is 305 g/mol. The number of nitro benzene ring substituents is 1. The fraction of sp³-hybridized carbons (Fsp3) is 0.533. The van der Waals surface area contributed by atoms with Gasteiger partial charge in [-0.05, 0) is 32.3 Å². The lowest BCUT2D eigenvalue weighted by molar-refractivity contribution is -0.384. The molecule has 23 heavy (non-hydrogen) atoms. The molecule has 1 aromatic carbocycles. The minimum atomic E-state index is -0.896. The van der Waals surface area contributed by atoms with Crippen molar-refractivity contribution in [3.05, 3.63) is 28.1 Å². The lowest BCUT2D eigenvalue weighted by atomic mass is 10.0. The number of hydrogen-bond acceptors (Lipinski definition) is 5. The van der Waals surface area contributed by atoms with E-state index < -0.39 is 16.8 Å². The topological polar surface area (TPSA) is 93.5 Å². The molecule has 7 nitrogen and oxygen atoms in total. The third-order valence-corrected chi connectivity index (χ3v) is 3.02. The van der Waals surface area contributed by atoms with E-state index in [-0.39, 0.29) is 29.7 Å². The van der Waals surface area contributed by atoms with Gasteiger partial charge in [-0.1, -0.05) is 13.8 Å². The van der Waals surface area contributed by atoms with Crippen LogP contribution in [0.5, 0.6) is 0 Å². The summed E-state index contributed by atoms with van der Waals surface area (Å²) in [5.74, 6) is -0.499. The molecule has 1 atom stereocenters. The Balaban J connectivity index is 3.09. The quantitative estimate of drug-likeness (QED) is 0.579. The molecule has 0 aliphatic rings. The fourth-order valence-electron chi connectivity index (χ4n) is 2.23. The van der Waals surface area contributed by atoms with E-state index in [1.54, 1.807) is 6.92 Å². The molecule has 0 heterocycles. The Morgan fingerprint density at radius 2 is 2.00 bits per heavy atom. The molecule has 1 rings (SSSR count). The second-order valence-corrected chi connectivity index (χ2v) is 5.63. The van der Waals surface area contributed by atoms with Crippen LogP contribution in [0.15, 0.2) is 12.1 Å². The number of rotatable bonds is 7. The average Bonchev–Trinajstić information content (AvgIpc) is 2.41. The number of halogens is 1. The minimum absolute atomic E-state index is 0.0467. The van der Waals surface area contributed by atoms with Crippen LogP contribution in [0.4, 0.5) is 26.2 Å². The Hall–Kier alpha value is -2.38. The molecule has 0 radical (unpaired) electrons. The van der Waals surface area contributed by atoms with Gasteiger partial charge in [0.15, 0.2) is 5.82 Å². The predicted molar refractivity (Wildman–Crippen MR) is 86.2 cm³/mol. The number of anilines is 2. The first-order chi connectivity index (χ1) is 10.7. The van der Waals surface area contributed by atoms with Crippen molar-refractivity contribution in [3.8, 4) is 0 Å². The Labute approximate surface area is 134 Å². The summed E-state index contributed by atoms with van der Waals surface area (Å²) < 4.78 is 18.6. The highest BCUT2D eigenvalue weighted by atomic mass is 19.1. The maximum Gasteiger partial charge on any atom is 0.411 e. The lowest BCUT2D eigenvalue weighted by Gasteiger charge is -2.18. The molecule has 0 fully saturated rings. The molecular formula is C15H22FN3O4. The van der Waals surface area contributed by atoms with E-state index in [2.05, 4.69) is 15.4 Å². The lowest BCUT2D eigenvalue weighted by Crippen LogP contribution is -2.19. The predicted octanol–water partition coefficient (Wildman–Crippen LogP) is 4.15. The SMILES string of the molecule is CCOC(=O)Nc1cc(NC(C)CC(C)C)c([N+](=O)[O-])cc1F. The van der Waals surface area contributed by atoms with Crippen molar-refractivity contribution in [1.82, 2.24) is 0 Å². The van der Waals surface area contributed by atoms with Gasteiger partial charge in [0.05, 0.1) is 23.3 Å². The van der Waals surface area contributed by atoms with Gasteiger partial charge in [0.2, 0.25) is 0 Å². The van der Waals surface area contributed by atoms with Crippen molar-refractivity contribution < 1.29 is 18.8 Å². The largest absolute Gasteiger partial charge is 0.450 e. The van der Waals surface area contributed by atoms with Gasteiger partial charge in [-0.25, -0.2) is 9.18 Å². The van der Waals surface area contributed by atoms with Crippen LogP contribution in [0, 0.1) is 21.8 Å². The van der Waals surface area contributed by atoms with E-state index in [4.69, 9.17) is 0 Å². The molecule has 0 aromatic heterocycles. The maximum absolute atomic E-state index is 13.9. The molecule has 0 aliphatic carbocycles. The molecule has 1 aromatic rings. The Morgan fingerprint density at radius 1 is 1.35 bits per heavy atom. The Kier molecular flexibility index (Phi) is 6.74. The molecule has 0 spiro atoms. The molecule has 2 N–H and O–H groups in total. The molecule has 0 aliphatic heterocycles. The van der Waals surface area contributed by atoms with Crippen molar-refractivity contribution in [1.29, 1.82) is 0 Å². The summed E-state index contributed by atoms with van der Waals surface area (Å²) in [6.07, 6.45) is -0.0312. The summed E-state index contributed by atoms with van der Waals surface area (Å²) >= 11 is 0. The third-order valence-electron chi connectivity index (χ3n) is 3.02. The second-order valence-electron chi connectivity index (χ2n) is 5.63. The third kappa shape index (κ3) is 5.72. The van der Waals surface area contributed by atoms with E-state index in [9.17, 15) is 19.3 Å². The van der Waals surface area contributed by atoms with Gasteiger partial charge in [-0.3, -0.25) is 15.4 Å². The van der Waals surface area contributed by atoms with Crippen LogP contribution in [0.3, 0.4) is 0 Å². The number of carbonyl (C=O) groups is 1. The number of benzene rings is 1. The number of nitrogens with one attached hydrogen (secondary N) is 2. The number of hydrogen-bond donors (Lipinski definition) is 2. The monoisotopic (exact) mass is 327 g/mol. The van der Waals surface area contributed by atoms with Gasteiger partial charge in [0.25, 0.3) is 5.69 Å². The van der Waals surface area contributed by atoms with E-state index in [1.165, 1.54) is 6.07 Å². The average molecular weight is 327 g/mol. The zero-order valence-corrected chi connectivity index (χ0v) is 13.7. The number of ether oxygens (including phenoxy) is 1. The summed E-state index contributed by atoms with van der Waals surface area (Å²) in [5.41, 5.74) is -0.405. The van der Waals surface area contributed by atoms with Gasteiger partial charge in [-0.2, -0.15) is 0 Å². The first-order valence-electron chi connectivity index (χ1n) is 7.42. The van der Waals surface area contributed by atoms with Gasteiger partial charge < -0.3 is 10.1 Å². The number of nitrogens with zero attached hydrogens (tertiary/aromatic N) is 1. The fourth-order valence-corrected chi connectivity index (χ4v) is 2.23. The van der Waals surface area contributed by atoms with Crippen LogP contribution in [0.25, 0.3) is 0 Å². The standard InChI is InChI=1S/C15H22FN3O4/c1-5-23-15(20)18-12-8-13(17-10(4)6-9(2)3)14(19(21)22)7-11(12)16/h7-10,17H,5-6H2,1-4H3,(H,18,20). The van der Waals surface area contributed by atoms with Crippen LogP contribution in [0.1, 0.15) is 34.1 Å². The van der Waals surface area contributed by atoms with E-state index in [1.807, 2.05) is 20.8 Å². The van der Waals surface area contributed by atoms with E-state index in [0.717, 1.165) is 12.5 Å². The van der Waals surface area contributed by atoms with Crippen LogP contribution < -0.4 is 10.6 Å². The van der Waals surface area contributed by atoms with E-state index in [0.29, 0.717) is 5.92 Å². The van der Waals surface area contributed by atoms with Crippen molar-refractivity contribution in [3.63, 3.8) is 0 Å². The van der Waals surface area contributed by atoms with Crippen LogP contribution in [-0.4, -0.2) is 23.7 Å². The highest BCUT2D eigenvalue weighted by Gasteiger charge is 2.21. The molecule has 1 unspecified atom stereocenters. The molecule has 0 bridgehead atoms. The molecule has 128 valence electrons. The van der Waals surface area contributed by atoms with Crippen molar-refractivity contribution in [2.75, 3.05) is 17.2 Å².